The Labute approximate surface area is 167 Å². The third-order valence-corrected chi connectivity index (χ3v) is 4.76. The molecule has 4 rings (SSSR count). The lowest BCUT2D eigenvalue weighted by molar-refractivity contribution is -0.384. The second-order valence-electron chi connectivity index (χ2n) is 5.94. The predicted octanol–water partition coefficient (Wildman–Crippen LogP) is 5.42. The maximum absolute atomic E-state index is 12.4. The number of nitro benzene ring substituents is 1. The third-order valence-electron chi connectivity index (χ3n) is 4.07. The van der Waals surface area contributed by atoms with E-state index >= 15 is 0 Å². The molecule has 7 nitrogen and oxygen atoms in total. The molecule has 3 aromatic carbocycles. The minimum atomic E-state index is -0.540. The molecular weight excluding hydrogens is 426 g/mol. The Morgan fingerprint density at radius 2 is 1.89 bits per heavy atom. The number of benzene rings is 3. The van der Waals surface area contributed by atoms with Crippen molar-refractivity contribution in [2.45, 2.75) is 0 Å². The number of non-ortho nitro benzene ring substituents is 1. The quantitative estimate of drug-likeness (QED) is 0.339. The fourth-order valence-electron chi connectivity index (χ4n) is 2.72. The van der Waals surface area contributed by atoms with Crippen molar-refractivity contribution in [1.82, 2.24) is 4.98 Å². The number of carbonyl (C=O) groups is 1. The molecule has 1 amide bonds. The van der Waals surface area contributed by atoms with Gasteiger partial charge in [-0.15, -0.1) is 0 Å². The van der Waals surface area contributed by atoms with Gasteiger partial charge in [0.1, 0.15) is 5.52 Å². The van der Waals surface area contributed by atoms with Gasteiger partial charge < -0.3 is 9.73 Å². The topological polar surface area (TPSA) is 98.3 Å². The second kappa shape index (κ2) is 7.24. The molecule has 0 saturated carbocycles. The molecule has 4 aromatic rings. The molecule has 138 valence electrons. The molecule has 1 N–H and O–H groups in total. The largest absolute Gasteiger partial charge is 0.436 e. The summed E-state index contributed by atoms with van der Waals surface area (Å²) >= 11 is 3.47. The molecule has 0 spiro atoms. The van der Waals surface area contributed by atoms with Crippen LogP contribution in [0, 0.1) is 10.1 Å². The Morgan fingerprint density at radius 1 is 1.07 bits per heavy atom. The molecule has 1 heterocycles. The number of fused-ring (bicyclic) bond motifs is 1. The Hall–Kier alpha value is -3.52. The number of anilines is 1. The van der Waals surface area contributed by atoms with Gasteiger partial charge in [-0.05, 0) is 52.3 Å². The molecule has 0 fully saturated rings. The van der Waals surface area contributed by atoms with E-state index in [9.17, 15) is 14.9 Å². The van der Waals surface area contributed by atoms with E-state index in [1.807, 2.05) is 24.3 Å². The van der Waals surface area contributed by atoms with Crippen LogP contribution in [0.25, 0.3) is 22.6 Å². The summed E-state index contributed by atoms with van der Waals surface area (Å²) in [5.74, 6) is 0.0159. The first-order valence-corrected chi connectivity index (χ1v) is 9.02. The summed E-state index contributed by atoms with van der Waals surface area (Å²) in [5.41, 5.74) is 2.56. The molecule has 0 aliphatic carbocycles. The van der Waals surface area contributed by atoms with Crippen molar-refractivity contribution in [2.24, 2.45) is 0 Å². The fourth-order valence-corrected chi connectivity index (χ4v) is 3.17. The van der Waals surface area contributed by atoms with Crippen LogP contribution in [0.2, 0.25) is 0 Å². The fraction of sp³-hybridized carbons (Fsp3) is 0. The zero-order chi connectivity index (χ0) is 19.7. The van der Waals surface area contributed by atoms with E-state index in [1.165, 1.54) is 24.3 Å². The molecule has 8 heteroatoms. The van der Waals surface area contributed by atoms with Gasteiger partial charge in [-0.25, -0.2) is 4.98 Å². The highest BCUT2D eigenvalue weighted by molar-refractivity contribution is 9.10. The lowest BCUT2D eigenvalue weighted by atomic mass is 10.2. The molecule has 0 radical (unpaired) electrons. The summed E-state index contributed by atoms with van der Waals surface area (Å²) in [5, 5.41) is 13.6. The van der Waals surface area contributed by atoms with Crippen LogP contribution >= 0.6 is 15.9 Å². The first-order chi connectivity index (χ1) is 13.5. The molecule has 0 saturated heterocycles. The number of carbonyl (C=O) groups excluding carboxylic acids is 1. The van der Waals surface area contributed by atoms with E-state index in [1.54, 1.807) is 18.2 Å². The average molecular weight is 438 g/mol. The van der Waals surface area contributed by atoms with Crippen LogP contribution in [0.15, 0.2) is 75.6 Å². The smallest absolute Gasteiger partial charge is 0.270 e. The average Bonchev–Trinajstić information content (AvgIpc) is 3.11. The Kier molecular flexibility index (Phi) is 4.62. The number of nitro groups is 1. The van der Waals surface area contributed by atoms with Crippen LogP contribution in [0.3, 0.4) is 0 Å². The summed E-state index contributed by atoms with van der Waals surface area (Å²) in [4.78, 5) is 27.2. The zero-order valence-electron chi connectivity index (χ0n) is 14.3. The lowest BCUT2D eigenvalue weighted by Gasteiger charge is -2.04. The van der Waals surface area contributed by atoms with Crippen molar-refractivity contribution in [2.75, 3.05) is 5.32 Å². The highest BCUT2D eigenvalue weighted by atomic mass is 79.9. The molecule has 28 heavy (non-hydrogen) atoms. The monoisotopic (exact) mass is 437 g/mol. The van der Waals surface area contributed by atoms with Crippen LogP contribution in [0.1, 0.15) is 10.4 Å². The minimum Gasteiger partial charge on any atom is -0.436 e. The van der Waals surface area contributed by atoms with Gasteiger partial charge in [0, 0.05) is 27.9 Å². The zero-order valence-corrected chi connectivity index (χ0v) is 15.8. The van der Waals surface area contributed by atoms with Crippen LogP contribution in [0.4, 0.5) is 11.4 Å². The highest BCUT2D eigenvalue weighted by Gasteiger charge is 2.14. The number of aromatic nitrogens is 1. The highest BCUT2D eigenvalue weighted by Crippen LogP contribution is 2.31. The Balaban J connectivity index is 1.61. The first kappa shape index (κ1) is 17.9. The minimum absolute atomic E-state index is 0.141. The molecule has 0 unspecified atom stereocenters. The molecular formula is C20H12BrN3O4. The number of halogens is 1. The lowest BCUT2D eigenvalue weighted by Crippen LogP contribution is -2.12. The van der Waals surface area contributed by atoms with Gasteiger partial charge in [0.25, 0.3) is 11.6 Å². The number of hydrogen-bond acceptors (Lipinski definition) is 5. The predicted molar refractivity (Wildman–Crippen MR) is 108 cm³/mol. The molecule has 0 aliphatic heterocycles. The number of rotatable bonds is 4. The van der Waals surface area contributed by atoms with E-state index in [0.717, 1.165) is 10.0 Å². The number of oxazole rings is 1. The van der Waals surface area contributed by atoms with Gasteiger partial charge in [-0.3, -0.25) is 14.9 Å². The van der Waals surface area contributed by atoms with Crippen molar-refractivity contribution >= 4 is 44.3 Å². The standard InChI is InChI=1S/C20H12BrN3O4/c21-16-7-2-1-6-15(16)20-23-17-11-13(8-9-18(17)28-20)22-19(25)12-4-3-5-14(10-12)24(26)27/h1-11H,(H,22,25). The van der Waals surface area contributed by atoms with Gasteiger partial charge >= 0.3 is 0 Å². The molecule has 0 aliphatic rings. The van der Waals surface area contributed by atoms with E-state index in [2.05, 4.69) is 26.2 Å². The number of amides is 1. The van der Waals surface area contributed by atoms with Gasteiger partial charge in [-0.2, -0.15) is 0 Å². The van der Waals surface area contributed by atoms with Gasteiger partial charge in [0.2, 0.25) is 5.89 Å². The van der Waals surface area contributed by atoms with Crippen LogP contribution in [-0.2, 0) is 0 Å². The summed E-state index contributed by atoms with van der Waals surface area (Å²) in [6.45, 7) is 0. The number of nitrogens with zero attached hydrogens (tertiary/aromatic N) is 2. The van der Waals surface area contributed by atoms with Crippen molar-refractivity contribution in [3.8, 4) is 11.5 Å². The van der Waals surface area contributed by atoms with Gasteiger partial charge in [0.05, 0.1) is 10.5 Å². The number of hydrogen-bond donors (Lipinski definition) is 1. The van der Waals surface area contributed by atoms with Crippen molar-refractivity contribution in [3.63, 3.8) is 0 Å². The summed E-state index contributed by atoms with van der Waals surface area (Å²) in [7, 11) is 0. The maximum Gasteiger partial charge on any atom is 0.270 e. The second-order valence-corrected chi connectivity index (χ2v) is 6.80. The normalized spacial score (nSPS) is 10.8. The Bertz CT molecular complexity index is 1220. The van der Waals surface area contributed by atoms with Crippen molar-refractivity contribution in [1.29, 1.82) is 0 Å². The van der Waals surface area contributed by atoms with E-state index in [4.69, 9.17) is 4.42 Å². The van der Waals surface area contributed by atoms with Crippen LogP contribution in [-0.4, -0.2) is 15.8 Å². The Morgan fingerprint density at radius 3 is 2.68 bits per heavy atom. The van der Waals surface area contributed by atoms with Crippen LogP contribution < -0.4 is 5.32 Å². The molecule has 0 atom stereocenters. The van der Waals surface area contributed by atoms with Crippen molar-refractivity contribution < 1.29 is 14.1 Å². The van der Waals surface area contributed by atoms with Crippen LogP contribution in [0.5, 0.6) is 0 Å². The SMILES string of the molecule is O=C(Nc1ccc2oc(-c3ccccc3Br)nc2c1)c1cccc([N+](=O)[O-])c1. The maximum atomic E-state index is 12.4. The summed E-state index contributed by atoms with van der Waals surface area (Å²) < 4.78 is 6.65. The van der Waals surface area contributed by atoms with Gasteiger partial charge in [0.15, 0.2) is 5.58 Å². The summed E-state index contributed by atoms with van der Waals surface area (Å²) in [6, 6.07) is 18.2. The third kappa shape index (κ3) is 3.49. The van der Waals surface area contributed by atoms with E-state index in [0.29, 0.717) is 22.7 Å². The molecule has 1 aromatic heterocycles. The van der Waals surface area contributed by atoms with E-state index in [-0.39, 0.29) is 11.3 Å². The number of nitrogens with one attached hydrogen (secondary N) is 1. The molecule has 0 bridgehead atoms. The first-order valence-electron chi connectivity index (χ1n) is 8.22. The van der Waals surface area contributed by atoms with E-state index < -0.39 is 10.8 Å². The summed E-state index contributed by atoms with van der Waals surface area (Å²) in [6.07, 6.45) is 0. The van der Waals surface area contributed by atoms with Crippen molar-refractivity contribution in [3.05, 3.63) is 86.9 Å². The van der Waals surface area contributed by atoms with Gasteiger partial charge in [-0.1, -0.05) is 18.2 Å².